The maximum Gasteiger partial charge on any atom is 0.256 e. The number of anilines is 1. The van der Waals surface area contributed by atoms with E-state index in [1.807, 2.05) is 36.4 Å². The second-order valence-corrected chi connectivity index (χ2v) is 11.6. The number of nitrogens with zero attached hydrogens (tertiary/aromatic N) is 1. The van der Waals surface area contributed by atoms with Crippen LogP contribution in [-0.4, -0.2) is 12.5 Å². The van der Waals surface area contributed by atoms with Crippen molar-refractivity contribution in [2.75, 3.05) is 11.9 Å². The first-order valence-electron chi connectivity index (χ1n) is 14.3. The van der Waals surface area contributed by atoms with Gasteiger partial charge in [0, 0.05) is 16.8 Å². The van der Waals surface area contributed by atoms with Gasteiger partial charge < -0.3 is 27.0 Å². The molecule has 0 aliphatic carbocycles. The van der Waals surface area contributed by atoms with Crippen LogP contribution in [0.1, 0.15) is 105 Å². The molecule has 0 bridgehead atoms. The van der Waals surface area contributed by atoms with Gasteiger partial charge in [0.15, 0.2) is 12.7 Å². The van der Waals surface area contributed by atoms with Crippen LogP contribution in [0.3, 0.4) is 0 Å². The molecule has 1 amide bonds. The molecular weight excluding hydrogens is 592 g/mol. The summed E-state index contributed by atoms with van der Waals surface area (Å²) < 4.78 is 8.02. The van der Waals surface area contributed by atoms with E-state index in [0.29, 0.717) is 35.2 Å². The Balaban J connectivity index is 0.00000533. The van der Waals surface area contributed by atoms with Crippen molar-refractivity contribution in [2.24, 2.45) is 0 Å². The van der Waals surface area contributed by atoms with E-state index in [2.05, 4.69) is 35.4 Å². The van der Waals surface area contributed by atoms with Crippen molar-refractivity contribution in [1.29, 1.82) is 0 Å². The van der Waals surface area contributed by atoms with Gasteiger partial charge in [-0.25, -0.2) is 0 Å². The van der Waals surface area contributed by atoms with Crippen LogP contribution in [0.15, 0.2) is 54.2 Å². The zero-order valence-electron chi connectivity index (χ0n) is 23.5. The third-order valence-corrected chi connectivity index (χ3v) is 7.93. The zero-order valence-corrected chi connectivity index (χ0v) is 26.7. The topological polar surface area (TPSA) is 42.2 Å². The zero-order chi connectivity index (χ0) is 27.0. The summed E-state index contributed by atoms with van der Waals surface area (Å²) in [5.41, 5.74) is 4.36. The molecule has 0 saturated heterocycles. The highest BCUT2D eigenvalue weighted by Crippen LogP contribution is 2.28. The number of hydrogen-bond acceptors (Lipinski definition) is 3. The molecule has 0 radical (unpaired) electrons. The standard InChI is InChI=1S/C32H43ClN2O2S.BrH/c1-3-4-5-6-7-8-9-10-11-12-13-16-21-37-31-20-19-28(22-30(31)33)34-32(36)29-18-15-14-17-27(29)24-35-23-26(2)38-25-35;/h14-15,17-20,22-23,25H,3-13,16,21,24H2,1-2H3;1H. The number of benzene rings is 2. The largest absolute Gasteiger partial charge is 1.00 e. The highest BCUT2D eigenvalue weighted by molar-refractivity contribution is 7.09. The first kappa shape index (κ1) is 33.3. The van der Waals surface area contributed by atoms with E-state index in [9.17, 15) is 4.79 Å². The number of aromatic nitrogens is 1. The van der Waals surface area contributed by atoms with Crippen molar-refractivity contribution in [3.8, 4) is 5.75 Å². The van der Waals surface area contributed by atoms with E-state index in [4.69, 9.17) is 16.3 Å². The number of thiazole rings is 1. The summed E-state index contributed by atoms with van der Waals surface area (Å²) in [5.74, 6) is 0.520. The summed E-state index contributed by atoms with van der Waals surface area (Å²) in [6.07, 6.45) is 17.9. The van der Waals surface area contributed by atoms with Gasteiger partial charge in [-0.05, 0) is 37.6 Å². The van der Waals surface area contributed by atoms with E-state index >= 15 is 0 Å². The van der Waals surface area contributed by atoms with Gasteiger partial charge in [0.25, 0.3) is 5.91 Å². The van der Waals surface area contributed by atoms with E-state index in [1.165, 1.54) is 75.5 Å². The lowest BCUT2D eigenvalue weighted by Crippen LogP contribution is -3.00. The third-order valence-electron chi connectivity index (χ3n) is 6.78. The lowest BCUT2D eigenvalue weighted by Gasteiger charge is -2.11. The van der Waals surface area contributed by atoms with Gasteiger partial charge >= 0.3 is 0 Å². The number of amides is 1. The quantitative estimate of drug-likeness (QED) is 0.130. The molecule has 0 spiro atoms. The fourth-order valence-electron chi connectivity index (χ4n) is 4.62. The number of ether oxygens (including phenoxy) is 1. The highest BCUT2D eigenvalue weighted by atomic mass is 79.9. The summed E-state index contributed by atoms with van der Waals surface area (Å²) in [5, 5.41) is 3.50. The van der Waals surface area contributed by atoms with Crippen molar-refractivity contribution >= 4 is 34.5 Å². The van der Waals surface area contributed by atoms with Gasteiger partial charge in [-0.1, -0.05) is 119 Å². The number of nitrogens with one attached hydrogen (secondary N) is 1. The van der Waals surface area contributed by atoms with Crippen molar-refractivity contribution in [3.05, 3.63) is 75.2 Å². The van der Waals surface area contributed by atoms with E-state index in [-0.39, 0.29) is 22.9 Å². The van der Waals surface area contributed by atoms with Gasteiger partial charge in [-0.2, -0.15) is 4.57 Å². The van der Waals surface area contributed by atoms with Crippen LogP contribution >= 0.6 is 22.9 Å². The van der Waals surface area contributed by atoms with Crippen LogP contribution < -0.4 is 31.6 Å². The van der Waals surface area contributed by atoms with Crippen LogP contribution in [0.5, 0.6) is 5.75 Å². The minimum absolute atomic E-state index is 0. The maximum absolute atomic E-state index is 13.0. The van der Waals surface area contributed by atoms with E-state index in [1.54, 1.807) is 17.4 Å². The molecule has 1 heterocycles. The smallest absolute Gasteiger partial charge is 0.256 e. The molecule has 1 N–H and O–H groups in total. The molecule has 3 aromatic rings. The number of unbranched alkanes of at least 4 members (excludes halogenated alkanes) is 11. The average Bonchev–Trinajstić information content (AvgIpc) is 3.32. The third kappa shape index (κ3) is 12.4. The molecule has 0 fully saturated rings. The summed E-state index contributed by atoms with van der Waals surface area (Å²) >= 11 is 8.17. The molecule has 0 atom stereocenters. The Morgan fingerprint density at radius 1 is 0.923 bits per heavy atom. The van der Waals surface area contributed by atoms with Gasteiger partial charge in [-0.3, -0.25) is 4.79 Å². The lowest BCUT2D eigenvalue weighted by molar-refractivity contribution is -0.683. The predicted octanol–water partition coefficient (Wildman–Crippen LogP) is 6.38. The Labute approximate surface area is 254 Å². The summed E-state index contributed by atoms with van der Waals surface area (Å²) in [6.45, 7) is 5.67. The number of rotatable bonds is 18. The summed E-state index contributed by atoms with van der Waals surface area (Å²) in [4.78, 5) is 14.3. The normalized spacial score (nSPS) is 10.7. The molecule has 3 rings (SSSR count). The molecule has 7 heteroatoms. The summed E-state index contributed by atoms with van der Waals surface area (Å²) in [7, 11) is 0. The molecule has 214 valence electrons. The highest BCUT2D eigenvalue weighted by Gasteiger charge is 2.16. The maximum atomic E-state index is 13.0. The number of hydrogen-bond donors (Lipinski definition) is 1. The molecular formula is C32H44BrClN2O2S. The molecule has 2 aromatic carbocycles. The molecule has 4 nitrogen and oxygen atoms in total. The Kier molecular flexibility index (Phi) is 16.4. The Bertz CT molecular complexity index is 1120. The van der Waals surface area contributed by atoms with E-state index in [0.717, 1.165) is 12.0 Å². The van der Waals surface area contributed by atoms with E-state index < -0.39 is 0 Å². The van der Waals surface area contributed by atoms with Gasteiger partial charge in [0.1, 0.15) is 5.75 Å². The molecule has 39 heavy (non-hydrogen) atoms. The molecule has 0 unspecified atom stereocenters. The van der Waals surface area contributed by atoms with Gasteiger partial charge in [0.2, 0.25) is 5.51 Å². The Morgan fingerprint density at radius 3 is 2.18 bits per heavy atom. The molecule has 0 aliphatic heterocycles. The monoisotopic (exact) mass is 634 g/mol. The second kappa shape index (κ2) is 19.2. The lowest BCUT2D eigenvalue weighted by atomic mass is 10.1. The number of aryl methyl sites for hydroxylation is 1. The minimum Gasteiger partial charge on any atom is -1.00 e. The first-order chi connectivity index (χ1) is 18.6. The van der Waals surface area contributed by atoms with Crippen LogP contribution in [-0.2, 0) is 6.54 Å². The van der Waals surface area contributed by atoms with Crippen LogP contribution in [0.4, 0.5) is 5.69 Å². The van der Waals surface area contributed by atoms with Crippen molar-refractivity contribution in [1.82, 2.24) is 0 Å². The summed E-state index contributed by atoms with van der Waals surface area (Å²) in [6, 6.07) is 13.2. The molecule has 0 saturated carbocycles. The minimum atomic E-state index is -0.144. The van der Waals surface area contributed by atoms with Crippen LogP contribution in [0, 0.1) is 6.92 Å². The van der Waals surface area contributed by atoms with Crippen LogP contribution in [0.25, 0.3) is 0 Å². The van der Waals surface area contributed by atoms with Gasteiger partial charge in [-0.15, -0.1) is 0 Å². The Morgan fingerprint density at radius 2 is 1.56 bits per heavy atom. The second-order valence-electron chi connectivity index (χ2n) is 10.1. The Hall–Kier alpha value is -1.89. The van der Waals surface area contributed by atoms with Crippen LogP contribution in [0.2, 0.25) is 5.02 Å². The number of carbonyl (C=O) groups excluding carboxylic acids is 1. The SMILES string of the molecule is CCCCCCCCCCCCCCOc1ccc(NC(=O)c2ccccc2C[n+]2csc(C)c2)cc1Cl.[Br-]. The average molecular weight is 636 g/mol. The number of carbonyl (C=O) groups is 1. The fourth-order valence-corrected chi connectivity index (χ4v) is 5.49. The van der Waals surface area contributed by atoms with Gasteiger partial charge in [0.05, 0.1) is 16.5 Å². The molecule has 1 aromatic heterocycles. The first-order valence-corrected chi connectivity index (χ1v) is 15.6. The predicted molar refractivity (Wildman–Crippen MR) is 161 cm³/mol. The van der Waals surface area contributed by atoms with Crippen molar-refractivity contribution in [3.63, 3.8) is 0 Å². The van der Waals surface area contributed by atoms with Crippen molar-refractivity contribution < 1.29 is 31.1 Å². The van der Waals surface area contributed by atoms with Crippen molar-refractivity contribution in [2.45, 2.75) is 97.4 Å². The fraction of sp³-hybridized carbons (Fsp3) is 0.500. The molecule has 0 aliphatic rings. The number of halogens is 2.